The maximum absolute atomic E-state index is 12.6. The van der Waals surface area contributed by atoms with E-state index in [0.29, 0.717) is 0 Å². The summed E-state index contributed by atoms with van der Waals surface area (Å²) in [5, 5.41) is 345. The first-order valence-electron chi connectivity index (χ1n) is 36.8. The zero-order valence-electron chi connectivity index (χ0n) is 61.8. The van der Waals surface area contributed by atoms with E-state index in [9.17, 15) is 177 Å². The molecule has 49 atom stereocenters. The first kappa shape index (κ1) is 99.4. The number of aliphatic hydroxyl groups excluding tert-OH is 31. The lowest BCUT2D eigenvalue weighted by Crippen LogP contribution is -2.68. The van der Waals surface area contributed by atoms with E-state index in [-0.39, 0.29) is 0 Å². The summed E-state index contributed by atoms with van der Waals surface area (Å²) >= 11 is 0. The summed E-state index contributed by atoms with van der Waals surface area (Å²) < 4.78 is 121. The van der Waals surface area contributed by atoms with Gasteiger partial charge in [-0.3, -0.25) is 9.32 Å². The highest BCUT2D eigenvalue weighted by atomic mass is 31.2. The second-order valence-electron chi connectivity index (χ2n) is 29.2. The monoisotopic (exact) mass is 1760 g/mol. The lowest BCUT2D eigenvalue weighted by atomic mass is 9.95. The Bertz CT molecular complexity index is 3060. The number of ether oxygens (including phenoxy) is 18. The van der Waals surface area contributed by atoms with Crippen LogP contribution in [0.4, 0.5) is 0 Å². The normalized spacial score (nSPS) is 48.5. The average Bonchev–Trinajstić information content (AvgIpc) is 0.772. The molecule has 9 aliphatic heterocycles. The van der Waals surface area contributed by atoms with Crippen molar-refractivity contribution in [3.05, 3.63) is 0 Å². The maximum Gasteiger partial charge on any atom is 0.469 e. The molecule has 34 N–H and O–H groups in total. The summed E-state index contributed by atoms with van der Waals surface area (Å²) in [6.07, 6.45) is -109. The molecule has 690 valence electrons. The Morgan fingerprint density at radius 3 is 0.924 bits per heavy atom. The van der Waals surface area contributed by atoms with Gasteiger partial charge in [-0.1, -0.05) is 0 Å². The van der Waals surface area contributed by atoms with E-state index in [4.69, 9.17) is 85.3 Å². The second kappa shape index (κ2) is 43.4. The van der Waals surface area contributed by atoms with Gasteiger partial charge < -0.3 is 259 Å². The zero-order chi connectivity index (χ0) is 87.3. The Morgan fingerprint density at radius 1 is 0.314 bits per heavy atom. The topological polar surface area (TPSA) is 889 Å². The quantitative estimate of drug-likeness (QED) is 0.0262. The van der Waals surface area contributed by atoms with Crippen LogP contribution < -0.4 is 5.32 Å². The van der Waals surface area contributed by atoms with E-state index >= 15 is 0 Å². The van der Waals surface area contributed by atoms with E-state index in [1.54, 1.807) is 0 Å². The van der Waals surface area contributed by atoms with Crippen LogP contribution in [0.3, 0.4) is 0 Å². The Labute approximate surface area is 665 Å². The van der Waals surface area contributed by atoms with Gasteiger partial charge in [-0.15, -0.1) is 0 Å². The predicted octanol–water partition coefficient (Wildman–Crippen LogP) is -22.9. The van der Waals surface area contributed by atoms with Gasteiger partial charge in [0.15, 0.2) is 56.6 Å². The molecule has 0 aromatic heterocycles. The summed E-state index contributed by atoms with van der Waals surface area (Å²) in [5.41, 5.74) is 0. The van der Waals surface area contributed by atoms with Gasteiger partial charge in [-0.05, 0) is 0 Å². The van der Waals surface area contributed by atoms with Gasteiger partial charge in [0.05, 0.1) is 78.7 Å². The molecule has 0 saturated carbocycles. The molecular weight excluding hydrogens is 1650 g/mol. The molecule has 0 aromatic rings. The van der Waals surface area contributed by atoms with Gasteiger partial charge in [0.1, 0.15) is 238 Å². The fourth-order valence-corrected chi connectivity index (χ4v) is 14.7. The molecule has 56 heteroatoms. The second-order valence-corrected chi connectivity index (χ2v) is 30.4. The third-order valence-corrected chi connectivity index (χ3v) is 21.6. The number of hydrogen-bond acceptors (Lipinski definition) is 52. The number of carbonyl (C=O) groups is 1. The lowest BCUT2D eigenvalue weighted by Gasteiger charge is -2.50. The van der Waals surface area contributed by atoms with Crippen molar-refractivity contribution in [3.8, 4) is 0 Å². The van der Waals surface area contributed by atoms with Crippen LogP contribution in [0.15, 0.2) is 0 Å². The Balaban J connectivity index is 1.09. The molecule has 0 spiro atoms. The van der Waals surface area contributed by atoms with Gasteiger partial charge in [-0.2, -0.15) is 0 Å². The van der Waals surface area contributed by atoms with Crippen molar-refractivity contribution in [2.45, 2.75) is 308 Å². The van der Waals surface area contributed by atoms with E-state index < -0.39 is 387 Å². The first-order valence-corrected chi connectivity index (χ1v) is 38.4. The zero-order valence-corrected chi connectivity index (χ0v) is 62.7. The number of aliphatic hydroxyl groups is 31. The van der Waals surface area contributed by atoms with Crippen LogP contribution in [0.5, 0.6) is 0 Å². The van der Waals surface area contributed by atoms with E-state index in [1.165, 1.54) is 0 Å². The molecule has 9 aliphatic rings. The fraction of sp³-hybridized carbons (Fsp3) is 0.984. The van der Waals surface area contributed by atoms with Crippen LogP contribution in [0, 0.1) is 0 Å². The minimum absolute atomic E-state index is 0.912. The summed E-state index contributed by atoms with van der Waals surface area (Å²) in [6.45, 7) is -12.3. The van der Waals surface area contributed by atoms with Crippen LogP contribution in [-0.2, 0) is 99.1 Å². The SMILES string of the molecule is CC(=O)N[C@@H](CO)[C@@H](O)[C@H](O[C@@H]1O[C@H](CO[C@H]2O[C@H](CO[C@H]3O[C@H](CO)[C@@H](O)[C@H](O)[C@@H]3O[C@H]3O[C@H](CO)[C@@H](O)[C@H](O)[C@@H]3O)[C@@H](O)[C@H](O[C@H]3O[C@H](CO)[C@@H](O)[C@H](O)[C@@H]3O[C@H]3O[C@H](CO)[C@@H](O)[C@H](O)[C@@H]3O)[C@@H]2O)[C@@H](O)[C@H](O[C@H]2O[C@H](CO)[C@@H](O)[C@H](O)[C@@H]2O[C@H]2O[C@H](COP(=O)(O)O)[C@@H](O)[C@H](O)[C@@H]2O[C@H]2O[C@H](CO)[C@@H](O)[C@H](O)[C@@H]2O)[C@@H]1O)[C@H](O)CO. The number of phosphoric acid groups is 1. The molecule has 9 saturated heterocycles. The molecule has 9 heterocycles. The fourth-order valence-electron chi connectivity index (χ4n) is 14.3. The highest BCUT2D eigenvalue weighted by Gasteiger charge is 2.61. The van der Waals surface area contributed by atoms with E-state index in [1.807, 2.05) is 0 Å². The summed E-state index contributed by atoms with van der Waals surface area (Å²) in [4.78, 5) is 31.5. The minimum atomic E-state index is -5.51. The van der Waals surface area contributed by atoms with Crippen LogP contribution in [0.2, 0.25) is 0 Å². The third-order valence-electron chi connectivity index (χ3n) is 21.1. The minimum Gasteiger partial charge on any atom is -0.394 e. The number of phosphoric ester groups is 1. The number of carbonyl (C=O) groups excluding carboxylic acids is 1. The van der Waals surface area contributed by atoms with Crippen LogP contribution in [0.1, 0.15) is 6.92 Å². The molecular formula is C62H108NO54P. The van der Waals surface area contributed by atoms with Crippen molar-refractivity contribution < 1.29 is 267 Å². The molecule has 0 aromatic carbocycles. The standard InChI is InChI=1S/C62H108NO54P/c1-13(72)63-14(2-64)25(74)47(15(73)3-65)111-58-46(95)49(113-61-53(40(89)31(80)21(9-71)107-61)117-62-52(41(90)32(81)24(110-62)12-101-118(96,97)98)116-57-44(93)37(86)28(77)18(6-68)104-57)34(83)23(109-58)10-99-54-45(94)48(112-60-51(39(88)30(79)20(8-70)106-60)115-56-43(92)36(85)27(76)17(5-67)103-56)33(82)22(108-54)11-100-59-50(38(87)29(78)19(7-69)105-59)114-55-42(91)35(84)26(75)16(4-66)102-55/h14-62,64-71,73-95H,2-12H2,1H3,(H,63,72)(H2,96,97,98)/t14-,15+,16+,17+,18+,19+,20+,21+,22+,23+,24+,25+,26+,27+,28+,29+,30+,31+,32+,33+,34+,35-,36-,37-,38-,39-,40-,41-,42-,43-,44-,45-,46-,47+,48-,49-,50-,51-,52-,53-,54-,55+,56+,57+,58-,59-,60+,61+,62+/m0/s1. The molecule has 0 radical (unpaired) electrons. The largest absolute Gasteiger partial charge is 0.469 e. The van der Waals surface area contributed by atoms with Gasteiger partial charge in [0, 0.05) is 6.92 Å². The number of amides is 1. The van der Waals surface area contributed by atoms with Crippen molar-refractivity contribution in [2.24, 2.45) is 0 Å². The Kier molecular flexibility index (Phi) is 36.6. The van der Waals surface area contributed by atoms with Gasteiger partial charge >= 0.3 is 7.82 Å². The lowest BCUT2D eigenvalue weighted by molar-refractivity contribution is -0.406. The van der Waals surface area contributed by atoms with Crippen molar-refractivity contribution >= 4 is 13.7 Å². The Hall–Kier alpha value is -2.38. The molecule has 55 nitrogen and oxygen atoms in total. The molecule has 0 aliphatic carbocycles. The van der Waals surface area contributed by atoms with Gasteiger partial charge in [0.25, 0.3) is 0 Å². The first-order chi connectivity index (χ1) is 55.6. The van der Waals surface area contributed by atoms with E-state index in [0.717, 1.165) is 6.92 Å². The van der Waals surface area contributed by atoms with Gasteiger partial charge in [-0.25, -0.2) is 4.57 Å². The average molecular weight is 1760 g/mol. The summed E-state index contributed by atoms with van der Waals surface area (Å²) in [5.74, 6) is -0.933. The van der Waals surface area contributed by atoms with Crippen LogP contribution in [-0.4, -0.2) is 547 Å². The number of nitrogens with one attached hydrogen (secondary N) is 1. The summed E-state index contributed by atoms with van der Waals surface area (Å²) in [6, 6.07) is -1.83. The Morgan fingerprint density at radius 2 is 0.585 bits per heavy atom. The van der Waals surface area contributed by atoms with Crippen molar-refractivity contribution in [3.63, 3.8) is 0 Å². The number of rotatable bonds is 35. The summed E-state index contributed by atoms with van der Waals surface area (Å²) in [7, 11) is -5.51. The van der Waals surface area contributed by atoms with E-state index in [2.05, 4.69) is 9.84 Å². The molecule has 0 unspecified atom stereocenters. The molecule has 9 fully saturated rings. The van der Waals surface area contributed by atoms with Crippen molar-refractivity contribution in [2.75, 3.05) is 72.7 Å². The smallest absolute Gasteiger partial charge is 0.394 e. The molecule has 9 rings (SSSR count). The van der Waals surface area contributed by atoms with Crippen LogP contribution in [0.25, 0.3) is 0 Å². The van der Waals surface area contributed by atoms with Gasteiger partial charge in [0.2, 0.25) is 5.91 Å². The highest BCUT2D eigenvalue weighted by Crippen LogP contribution is 2.42. The van der Waals surface area contributed by atoms with Crippen molar-refractivity contribution in [1.29, 1.82) is 0 Å². The predicted molar refractivity (Wildman–Crippen MR) is 354 cm³/mol. The van der Waals surface area contributed by atoms with Crippen LogP contribution >= 0.6 is 7.82 Å². The van der Waals surface area contributed by atoms with Crippen molar-refractivity contribution in [1.82, 2.24) is 5.32 Å². The maximum atomic E-state index is 12.6. The molecule has 1 amide bonds. The number of hydrogen-bond donors (Lipinski definition) is 34. The molecule has 118 heavy (non-hydrogen) atoms. The highest BCUT2D eigenvalue weighted by molar-refractivity contribution is 7.46. The molecule has 0 bridgehead atoms. The third kappa shape index (κ3) is 22.4.